The van der Waals surface area contributed by atoms with Crippen molar-refractivity contribution in [3.05, 3.63) is 29.3 Å². The number of carbonyl (C=O) groups excluding carboxylic acids is 4. The van der Waals surface area contributed by atoms with Crippen LogP contribution in [0.4, 0.5) is 0 Å². The Morgan fingerprint density at radius 3 is 1.88 bits per heavy atom. The lowest BCUT2D eigenvalue weighted by molar-refractivity contribution is -0.180. The Labute approximate surface area is 185 Å². The van der Waals surface area contributed by atoms with Gasteiger partial charge in [-0.25, -0.2) is 0 Å². The van der Waals surface area contributed by atoms with Gasteiger partial charge < -0.3 is 28.4 Å². The van der Waals surface area contributed by atoms with Crippen LogP contribution in [0.1, 0.15) is 37.6 Å². The van der Waals surface area contributed by atoms with Crippen molar-refractivity contribution >= 4 is 23.7 Å². The molecule has 0 fully saturated rings. The molecular formula is C22H26O10. The summed E-state index contributed by atoms with van der Waals surface area (Å²) in [4.78, 5) is 48.3. The van der Waals surface area contributed by atoms with E-state index in [9.17, 15) is 19.2 Å². The predicted molar refractivity (Wildman–Crippen MR) is 110 cm³/mol. The highest BCUT2D eigenvalue weighted by atomic mass is 16.6. The number of benzene rings is 1. The minimum atomic E-state index is -1.14. The van der Waals surface area contributed by atoms with Crippen LogP contribution < -0.4 is 14.2 Å². The van der Waals surface area contributed by atoms with E-state index in [1.807, 2.05) is 0 Å². The topological polar surface area (TPSA) is 124 Å². The van der Waals surface area contributed by atoms with E-state index in [4.69, 9.17) is 28.4 Å². The summed E-state index contributed by atoms with van der Waals surface area (Å²) in [6.45, 7) is 3.53. The summed E-state index contributed by atoms with van der Waals surface area (Å²) in [7, 11) is 4.24. The molecule has 0 radical (unpaired) electrons. The fourth-order valence-corrected chi connectivity index (χ4v) is 3.48. The molecule has 1 aliphatic carbocycles. The zero-order chi connectivity index (χ0) is 24.0. The number of hydrogen-bond acceptors (Lipinski definition) is 10. The number of rotatable bonds is 8. The van der Waals surface area contributed by atoms with Crippen molar-refractivity contribution in [3.8, 4) is 17.2 Å². The fourth-order valence-electron chi connectivity index (χ4n) is 3.48. The third kappa shape index (κ3) is 5.57. The first kappa shape index (κ1) is 24.7. The zero-order valence-corrected chi connectivity index (χ0v) is 18.8. The quantitative estimate of drug-likeness (QED) is 0.330. The van der Waals surface area contributed by atoms with Gasteiger partial charge in [0.25, 0.3) is 0 Å². The standard InChI is InChI=1S/C22H26O10/c1-11(23)30-17-9-14(10-18(31-12(2)24)21(17)32-13(3)25)19(26)15-7-8-16(27-4)22(29-6)20(15)28-5/h7-9,17-18,21H,10H2,1-6H3. The average Bonchev–Trinajstić information content (AvgIpc) is 2.72. The second-order valence-corrected chi connectivity index (χ2v) is 6.90. The maximum atomic E-state index is 13.4. The van der Waals surface area contributed by atoms with Gasteiger partial charge >= 0.3 is 17.9 Å². The van der Waals surface area contributed by atoms with Crippen LogP contribution in [0.5, 0.6) is 17.2 Å². The summed E-state index contributed by atoms with van der Waals surface area (Å²) >= 11 is 0. The first-order valence-corrected chi connectivity index (χ1v) is 9.68. The van der Waals surface area contributed by atoms with E-state index in [1.165, 1.54) is 54.2 Å². The number of hydrogen-bond donors (Lipinski definition) is 0. The van der Waals surface area contributed by atoms with Crippen LogP contribution in [0.2, 0.25) is 0 Å². The highest BCUT2D eigenvalue weighted by molar-refractivity contribution is 6.11. The van der Waals surface area contributed by atoms with E-state index in [1.54, 1.807) is 6.07 Å². The van der Waals surface area contributed by atoms with Crippen molar-refractivity contribution in [3.63, 3.8) is 0 Å². The number of ketones is 1. The molecule has 32 heavy (non-hydrogen) atoms. The lowest BCUT2D eigenvalue weighted by Gasteiger charge is -2.34. The number of esters is 3. The van der Waals surface area contributed by atoms with Crippen LogP contribution in [0.15, 0.2) is 23.8 Å². The van der Waals surface area contributed by atoms with Crippen LogP contribution in [0.3, 0.4) is 0 Å². The van der Waals surface area contributed by atoms with Gasteiger partial charge in [0.15, 0.2) is 29.5 Å². The van der Waals surface area contributed by atoms with E-state index in [-0.39, 0.29) is 29.1 Å². The van der Waals surface area contributed by atoms with Gasteiger partial charge in [0.1, 0.15) is 6.10 Å². The van der Waals surface area contributed by atoms with Crippen molar-refractivity contribution in [2.45, 2.75) is 45.5 Å². The van der Waals surface area contributed by atoms with Gasteiger partial charge in [-0.05, 0) is 18.2 Å². The van der Waals surface area contributed by atoms with Gasteiger partial charge in [-0.2, -0.15) is 0 Å². The molecule has 0 bridgehead atoms. The van der Waals surface area contributed by atoms with Crippen LogP contribution in [-0.4, -0.2) is 63.3 Å². The molecule has 3 unspecified atom stereocenters. The summed E-state index contributed by atoms with van der Waals surface area (Å²) in [5.41, 5.74) is 0.335. The monoisotopic (exact) mass is 450 g/mol. The number of ether oxygens (including phenoxy) is 6. The highest BCUT2D eigenvalue weighted by Gasteiger charge is 2.42. The van der Waals surface area contributed by atoms with E-state index >= 15 is 0 Å². The Balaban J connectivity index is 2.56. The summed E-state index contributed by atoms with van der Waals surface area (Å²) < 4.78 is 31.8. The minimum absolute atomic E-state index is 0.0778. The molecule has 0 aromatic heterocycles. The number of Topliss-reactive ketones (excluding diaryl/α,β-unsaturated/α-hetero) is 1. The first-order valence-electron chi connectivity index (χ1n) is 9.68. The molecule has 10 nitrogen and oxygen atoms in total. The maximum Gasteiger partial charge on any atom is 0.303 e. The van der Waals surface area contributed by atoms with Gasteiger partial charge in [-0.15, -0.1) is 0 Å². The number of carbonyl (C=O) groups is 4. The highest BCUT2D eigenvalue weighted by Crippen LogP contribution is 2.41. The van der Waals surface area contributed by atoms with Crippen molar-refractivity contribution in [2.24, 2.45) is 0 Å². The van der Waals surface area contributed by atoms with Crippen molar-refractivity contribution < 1.29 is 47.6 Å². The lowest BCUT2D eigenvalue weighted by atomic mass is 9.87. The Hall–Kier alpha value is -3.56. The summed E-state index contributed by atoms with van der Waals surface area (Å²) in [5, 5.41) is 0. The van der Waals surface area contributed by atoms with E-state index in [0.29, 0.717) is 5.75 Å². The molecule has 0 amide bonds. The normalized spacial score (nSPS) is 19.8. The van der Waals surface area contributed by atoms with E-state index in [0.717, 1.165) is 0 Å². The Bertz CT molecular complexity index is 933. The Morgan fingerprint density at radius 2 is 1.38 bits per heavy atom. The molecule has 1 aromatic carbocycles. The number of methoxy groups -OCH3 is 3. The van der Waals surface area contributed by atoms with Gasteiger partial charge in [0.2, 0.25) is 5.75 Å². The van der Waals surface area contributed by atoms with Crippen LogP contribution >= 0.6 is 0 Å². The SMILES string of the molecule is COc1ccc(C(=O)C2=CC(OC(C)=O)C(OC(C)=O)C(OC(C)=O)C2)c(OC)c1OC. The Morgan fingerprint density at radius 1 is 0.781 bits per heavy atom. The van der Waals surface area contributed by atoms with Crippen LogP contribution in [-0.2, 0) is 28.6 Å². The Kier molecular flexibility index (Phi) is 8.22. The third-order valence-corrected chi connectivity index (χ3v) is 4.64. The molecule has 2 rings (SSSR count). The largest absolute Gasteiger partial charge is 0.493 e. The van der Waals surface area contributed by atoms with E-state index in [2.05, 4.69) is 0 Å². The second-order valence-electron chi connectivity index (χ2n) is 6.90. The van der Waals surface area contributed by atoms with Crippen LogP contribution in [0, 0.1) is 0 Å². The molecule has 0 N–H and O–H groups in total. The van der Waals surface area contributed by atoms with Gasteiger partial charge in [-0.1, -0.05) is 0 Å². The first-order chi connectivity index (χ1) is 15.1. The molecule has 3 atom stereocenters. The van der Waals surface area contributed by atoms with Gasteiger partial charge in [0.05, 0.1) is 26.9 Å². The molecule has 0 aliphatic heterocycles. The third-order valence-electron chi connectivity index (χ3n) is 4.64. The fraction of sp³-hybridized carbons (Fsp3) is 0.455. The molecule has 174 valence electrons. The van der Waals surface area contributed by atoms with Crippen LogP contribution in [0.25, 0.3) is 0 Å². The van der Waals surface area contributed by atoms with Gasteiger partial charge in [-0.3, -0.25) is 19.2 Å². The maximum absolute atomic E-state index is 13.4. The minimum Gasteiger partial charge on any atom is -0.493 e. The van der Waals surface area contributed by atoms with Crippen molar-refractivity contribution in [1.82, 2.24) is 0 Å². The summed E-state index contributed by atoms with van der Waals surface area (Å²) in [6.07, 6.45) is -1.99. The summed E-state index contributed by atoms with van der Waals surface area (Å²) in [5.74, 6) is -1.71. The molecule has 0 heterocycles. The molecule has 1 aromatic rings. The predicted octanol–water partition coefficient (Wildman–Crippen LogP) is 2.02. The van der Waals surface area contributed by atoms with Crippen molar-refractivity contribution in [2.75, 3.05) is 21.3 Å². The molecule has 0 saturated carbocycles. The molecule has 10 heteroatoms. The van der Waals surface area contributed by atoms with Gasteiger partial charge in [0, 0.05) is 32.8 Å². The molecule has 0 spiro atoms. The molecule has 0 saturated heterocycles. The summed E-state index contributed by atoms with van der Waals surface area (Å²) in [6, 6.07) is 3.05. The zero-order valence-electron chi connectivity index (χ0n) is 18.8. The average molecular weight is 450 g/mol. The lowest BCUT2D eigenvalue weighted by Crippen LogP contribution is -2.47. The van der Waals surface area contributed by atoms with E-state index < -0.39 is 42.0 Å². The molecular weight excluding hydrogens is 424 g/mol. The van der Waals surface area contributed by atoms with Crippen molar-refractivity contribution in [1.29, 1.82) is 0 Å². The molecule has 1 aliphatic rings. The second kappa shape index (κ2) is 10.7. The smallest absolute Gasteiger partial charge is 0.303 e.